The van der Waals surface area contributed by atoms with E-state index < -0.39 is 0 Å². The van der Waals surface area contributed by atoms with Crippen molar-refractivity contribution >= 4 is 16.9 Å². The summed E-state index contributed by atoms with van der Waals surface area (Å²) < 4.78 is 6.89. The van der Waals surface area contributed by atoms with Gasteiger partial charge in [0.1, 0.15) is 11.6 Å². The fourth-order valence-corrected chi connectivity index (χ4v) is 3.12. The van der Waals surface area contributed by atoms with E-state index in [9.17, 15) is 4.79 Å². The highest BCUT2D eigenvalue weighted by molar-refractivity contribution is 5.93. The van der Waals surface area contributed by atoms with Crippen LogP contribution in [0.3, 0.4) is 0 Å². The second-order valence-corrected chi connectivity index (χ2v) is 6.47. The summed E-state index contributed by atoms with van der Waals surface area (Å²) in [7, 11) is 3.46. The number of carbonyl (C=O) groups is 1. The molecule has 0 spiro atoms. The Morgan fingerprint density at radius 2 is 1.96 bits per heavy atom. The Hall–Kier alpha value is -3.61. The number of hydrogen-bond donors (Lipinski definition) is 2. The average Bonchev–Trinajstić information content (AvgIpc) is 3.31. The number of fused-ring (bicyclic) bond motifs is 1. The van der Waals surface area contributed by atoms with Crippen molar-refractivity contribution in [3.05, 3.63) is 66.1 Å². The van der Waals surface area contributed by atoms with Gasteiger partial charge >= 0.3 is 0 Å². The molecule has 7 nitrogen and oxygen atoms in total. The summed E-state index contributed by atoms with van der Waals surface area (Å²) in [5.41, 5.74) is 4.15. The zero-order valence-electron chi connectivity index (χ0n) is 15.8. The van der Waals surface area contributed by atoms with Crippen LogP contribution in [-0.2, 0) is 13.5 Å². The molecule has 2 aromatic carbocycles. The molecular formula is C21H21N5O2. The summed E-state index contributed by atoms with van der Waals surface area (Å²) >= 11 is 0. The van der Waals surface area contributed by atoms with Gasteiger partial charge in [-0.2, -0.15) is 5.10 Å². The quantitative estimate of drug-likeness (QED) is 0.543. The molecule has 7 heteroatoms. The maximum atomic E-state index is 12.5. The number of aromatic nitrogens is 4. The Bertz CT molecular complexity index is 1080. The molecule has 2 N–H and O–H groups in total. The Kier molecular flexibility index (Phi) is 4.80. The molecule has 2 heterocycles. The first-order chi connectivity index (χ1) is 13.6. The van der Waals surface area contributed by atoms with Crippen molar-refractivity contribution in [3.63, 3.8) is 0 Å². The number of benzene rings is 2. The Morgan fingerprint density at radius 3 is 2.71 bits per heavy atom. The highest BCUT2D eigenvalue weighted by Crippen LogP contribution is 2.22. The van der Waals surface area contributed by atoms with Crippen LogP contribution in [0, 0.1) is 0 Å². The van der Waals surface area contributed by atoms with Crippen LogP contribution in [0.1, 0.15) is 16.3 Å². The summed E-state index contributed by atoms with van der Waals surface area (Å²) in [6.45, 7) is 0.479. The van der Waals surface area contributed by atoms with Crippen molar-refractivity contribution in [3.8, 4) is 17.0 Å². The van der Waals surface area contributed by atoms with Crippen molar-refractivity contribution in [1.82, 2.24) is 25.1 Å². The monoisotopic (exact) mass is 375 g/mol. The van der Waals surface area contributed by atoms with E-state index in [0.717, 1.165) is 33.9 Å². The number of aryl methyl sites for hydroxylation is 1. The second-order valence-electron chi connectivity index (χ2n) is 6.47. The highest BCUT2D eigenvalue weighted by Gasteiger charge is 2.14. The van der Waals surface area contributed by atoms with Crippen LogP contribution in [0.15, 0.2) is 54.6 Å². The zero-order valence-corrected chi connectivity index (χ0v) is 15.8. The standard InChI is InChI=1S/C21H21N5O2/c1-26-19(14-7-9-15(28-2)10-8-14)13-18(25-26)21(27)22-12-11-20-23-16-5-3-4-6-17(16)24-20/h3-10,13H,11-12H2,1-2H3,(H,22,27)(H,23,24). The lowest BCUT2D eigenvalue weighted by atomic mass is 10.1. The van der Waals surface area contributed by atoms with Gasteiger partial charge in [0.2, 0.25) is 0 Å². The molecule has 0 radical (unpaired) electrons. The second kappa shape index (κ2) is 7.56. The number of H-pyrrole nitrogens is 1. The maximum Gasteiger partial charge on any atom is 0.271 e. The van der Waals surface area contributed by atoms with Gasteiger partial charge in [-0.1, -0.05) is 12.1 Å². The first-order valence-corrected chi connectivity index (χ1v) is 9.04. The van der Waals surface area contributed by atoms with E-state index in [1.165, 1.54) is 0 Å². The van der Waals surface area contributed by atoms with Crippen molar-refractivity contribution in [2.75, 3.05) is 13.7 Å². The minimum atomic E-state index is -0.202. The molecule has 0 aliphatic rings. The predicted molar refractivity (Wildman–Crippen MR) is 107 cm³/mol. The van der Waals surface area contributed by atoms with Crippen molar-refractivity contribution in [2.24, 2.45) is 7.05 Å². The van der Waals surface area contributed by atoms with Gasteiger partial charge in [-0.3, -0.25) is 9.48 Å². The van der Waals surface area contributed by atoms with E-state index in [1.807, 2.05) is 55.6 Å². The number of aromatic amines is 1. The molecule has 0 aliphatic carbocycles. The number of rotatable bonds is 6. The molecule has 142 valence electrons. The van der Waals surface area contributed by atoms with Gasteiger partial charge < -0.3 is 15.0 Å². The van der Waals surface area contributed by atoms with Crippen molar-refractivity contribution < 1.29 is 9.53 Å². The van der Waals surface area contributed by atoms with Gasteiger partial charge in [0, 0.05) is 25.6 Å². The van der Waals surface area contributed by atoms with E-state index in [2.05, 4.69) is 20.4 Å². The molecule has 4 rings (SSSR count). The number of imidazole rings is 1. The topological polar surface area (TPSA) is 84.8 Å². The molecule has 0 saturated carbocycles. The molecule has 0 atom stereocenters. The number of ether oxygens (including phenoxy) is 1. The summed E-state index contributed by atoms with van der Waals surface area (Å²) in [6, 6.07) is 17.3. The molecule has 2 aromatic heterocycles. The molecule has 0 unspecified atom stereocenters. The molecular weight excluding hydrogens is 354 g/mol. The Labute approximate surface area is 162 Å². The lowest BCUT2D eigenvalue weighted by molar-refractivity contribution is 0.0948. The number of para-hydroxylation sites is 2. The van der Waals surface area contributed by atoms with Crippen LogP contribution in [0.5, 0.6) is 5.75 Å². The molecule has 0 saturated heterocycles. The lowest BCUT2D eigenvalue weighted by Crippen LogP contribution is -2.26. The van der Waals surface area contributed by atoms with Gasteiger partial charge in [0.25, 0.3) is 5.91 Å². The van der Waals surface area contributed by atoms with Crippen LogP contribution in [0.4, 0.5) is 0 Å². The van der Waals surface area contributed by atoms with Gasteiger partial charge in [-0.05, 0) is 42.5 Å². The first-order valence-electron chi connectivity index (χ1n) is 9.04. The van der Waals surface area contributed by atoms with E-state index in [4.69, 9.17) is 4.74 Å². The molecule has 1 amide bonds. The molecule has 4 aromatic rings. The molecule has 0 fully saturated rings. The average molecular weight is 375 g/mol. The number of methoxy groups -OCH3 is 1. The van der Waals surface area contributed by atoms with Gasteiger partial charge in [-0.25, -0.2) is 4.98 Å². The predicted octanol–water partition coefficient (Wildman–Crippen LogP) is 2.94. The van der Waals surface area contributed by atoms with Crippen LogP contribution < -0.4 is 10.1 Å². The summed E-state index contributed by atoms with van der Waals surface area (Å²) in [6.07, 6.45) is 0.624. The van der Waals surface area contributed by atoms with Gasteiger partial charge in [0.15, 0.2) is 5.69 Å². The zero-order chi connectivity index (χ0) is 19.5. The smallest absolute Gasteiger partial charge is 0.271 e. The van der Waals surface area contributed by atoms with E-state index in [1.54, 1.807) is 17.9 Å². The third-order valence-electron chi connectivity index (χ3n) is 4.58. The number of hydrogen-bond acceptors (Lipinski definition) is 4. The lowest BCUT2D eigenvalue weighted by Gasteiger charge is -2.03. The summed E-state index contributed by atoms with van der Waals surface area (Å²) in [5, 5.41) is 7.25. The number of nitrogens with one attached hydrogen (secondary N) is 2. The van der Waals surface area contributed by atoms with Crippen LogP contribution in [0.25, 0.3) is 22.3 Å². The largest absolute Gasteiger partial charge is 0.497 e. The van der Waals surface area contributed by atoms with Crippen LogP contribution >= 0.6 is 0 Å². The maximum absolute atomic E-state index is 12.5. The van der Waals surface area contributed by atoms with Gasteiger partial charge in [0.05, 0.1) is 23.8 Å². The highest BCUT2D eigenvalue weighted by atomic mass is 16.5. The minimum absolute atomic E-state index is 0.202. The SMILES string of the molecule is COc1ccc(-c2cc(C(=O)NCCc3nc4ccccc4[nH]3)nn2C)cc1. The Morgan fingerprint density at radius 1 is 1.18 bits per heavy atom. The molecule has 0 bridgehead atoms. The Balaban J connectivity index is 1.40. The number of amides is 1. The van der Waals surface area contributed by atoms with E-state index in [-0.39, 0.29) is 5.91 Å². The first kappa shape index (κ1) is 17.8. The fraction of sp³-hybridized carbons (Fsp3) is 0.190. The van der Waals surface area contributed by atoms with Crippen molar-refractivity contribution in [1.29, 1.82) is 0 Å². The van der Waals surface area contributed by atoms with E-state index >= 15 is 0 Å². The normalized spacial score (nSPS) is 10.9. The summed E-state index contributed by atoms with van der Waals surface area (Å²) in [4.78, 5) is 20.2. The molecule has 28 heavy (non-hydrogen) atoms. The third-order valence-corrected chi connectivity index (χ3v) is 4.58. The van der Waals surface area contributed by atoms with Crippen molar-refractivity contribution in [2.45, 2.75) is 6.42 Å². The van der Waals surface area contributed by atoms with Crippen LogP contribution in [0.2, 0.25) is 0 Å². The van der Waals surface area contributed by atoms with E-state index in [0.29, 0.717) is 18.7 Å². The number of carbonyl (C=O) groups excluding carboxylic acids is 1. The fourth-order valence-electron chi connectivity index (χ4n) is 3.12. The van der Waals surface area contributed by atoms with Crippen LogP contribution in [-0.4, -0.2) is 39.3 Å². The molecule has 0 aliphatic heterocycles. The summed E-state index contributed by atoms with van der Waals surface area (Å²) in [5.74, 6) is 1.43. The number of nitrogens with zero attached hydrogens (tertiary/aromatic N) is 3. The minimum Gasteiger partial charge on any atom is -0.497 e. The van der Waals surface area contributed by atoms with Gasteiger partial charge in [-0.15, -0.1) is 0 Å². The third kappa shape index (κ3) is 3.59.